The van der Waals surface area contributed by atoms with Crippen LogP contribution in [0.3, 0.4) is 0 Å². The van der Waals surface area contributed by atoms with E-state index in [-0.39, 0.29) is 18.1 Å². The van der Waals surface area contributed by atoms with Crippen molar-refractivity contribution in [2.45, 2.75) is 43.8 Å². The van der Waals surface area contributed by atoms with Gasteiger partial charge in [-0.3, -0.25) is 0 Å². The van der Waals surface area contributed by atoms with Crippen LogP contribution in [-0.2, 0) is 10.0 Å². The van der Waals surface area contributed by atoms with E-state index in [0.29, 0.717) is 0 Å². The second kappa shape index (κ2) is 4.80. The van der Waals surface area contributed by atoms with Crippen LogP contribution >= 0.6 is 0 Å². The lowest BCUT2D eigenvalue weighted by Crippen LogP contribution is -2.46. The van der Waals surface area contributed by atoms with Crippen molar-refractivity contribution in [2.75, 3.05) is 6.26 Å². The Kier molecular flexibility index (Phi) is 2.88. The quantitative estimate of drug-likeness (QED) is 0.770. The Balaban J connectivity index is 1.59. The molecule has 2 fully saturated rings. The van der Waals surface area contributed by atoms with Gasteiger partial charge in [-0.25, -0.2) is 18.4 Å². The number of pyridine rings is 1. The SMILES string of the molecule is CS(=O)(=O)N1[C@@H]2CC[C@H]1CC(n1cnc3cnc4[nH]ccc4c31)C2. The van der Waals surface area contributed by atoms with Crippen LogP contribution in [0.25, 0.3) is 22.1 Å². The van der Waals surface area contributed by atoms with Crippen molar-refractivity contribution in [2.24, 2.45) is 0 Å². The maximum Gasteiger partial charge on any atom is 0.211 e. The Bertz CT molecular complexity index is 1020. The van der Waals surface area contributed by atoms with E-state index < -0.39 is 10.0 Å². The summed E-state index contributed by atoms with van der Waals surface area (Å²) in [7, 11) is -3.13. The predicted octanol–water partition coefficient (Wildman–Crippen LogP) is 2.04. The van der Waals surface area contributed by atoms with Crippen molar-refractivity contribution in [1.29, 1.82) is 0 Å². The van der Waals surface area contributed by atoms with Gasteiger partial charge in [-0.15, -0.1) is 0 Å². The maximum atomic E-state index is 12.1. The molecule has 5 heterocycles. The lowest BCUT2D eigenvalue weighted by atomic mass is 9.99. The highest BCUT2D eigenvalue weighted by molar-refractivity contribution is 7.88. The lowest BCUT2D eigenvalue weighted by molar-refractivity contribution is 0.196. The number of nitrogens with one attached hydrogen (secondary N) is 1. The summed E-state index contributed by atoms with van der Waals surface area (Å²) in [6.45, 7) is 0. The number of hydrogen-bond donors (Lipinski definition) is 1. The van der Waals surface area contributed by atoms with Crippen molar-refractivity contribution in [3.8, 4) is 0 Å². The van der Waals surface area contributed by atoms with Crippen molar-refractivity contribution >= 4 is 32.1 Å². The molecule has 24 heavy (non-hydrogen) atoms. The van der Waals surface area contributed by atoms with Gasteiger partial charge in [0.05, 0.1) is 24.3 Å². The Hall–Kier alpha value is -1.93. The molecular formula is C16H19N5O2S. The van der Waals surface area contributed by atoms with Crippen LogP contribution in [0.1, 0.15) is 31.7 Å². The van der Waals surface area contributed by atoms with E-state index in [4.69, 9.17) is 0 Å². The first-order valence-electron chi connectivity index (χ1n) is 8.29. The Labute approximate surface area is 139 Å². The molecule has 3 aromatic rings. The molecule has 2 aliphatic rings. The van der Waals surface area contributed by atoms with E-state index in [9.17, 15) is 8.42 Å². The number of nitrogens with zero attached hydrogens (tertiary/aromatic N) is 4. The van der Waals surface area contributed by atoms with E-state index in [1.807, 2.05) is 18.6 Å². The molecule has 3 aromatic heterocycles. The number of sulfonamides is 1. The van der Waals surface area contributed by atoms with Gasteiger partial charge in [0.1, 0.15) is 11.2 Å². The van der Waals surface area contributed by atoms with Crippen LogP contribution in [0.4, 0.5) is 0 Å². The zero-order chi connectivity index (χ0) is 16.5. The summed E-state index contributed by atoms with van der Waals surface area (Å²) < 4.78 is 28.2. The van der Waals surface area contributed by atoms with E-state index >= 15 is 0 Å². The largest absolute Gasteiger partial charge is 0.346 e. The fourth-order valence-corrected chi connectivity index (χ4v) is 6.15. The summed E-state index contributed by atoms with van der Waals surface area (Å²) in [5, 5.41) is 1.07. The molecule has 0 aromatic carbocycles. The van der Waals surface area contributed by atoms with Gasteiger partial charge in [0.2, 0.25) is 10.0 Å². The molecule has 3 atom stereocenters. The third-order valence-electron chi connectivity index (χ3n) is 5.54. The molecule has 2 bridgehead atoms. The molecule has 7 nitrogen and oxygen atoms in total. The second-order valence-corrected chi connectivity index (χ2v) is 8.87. The first-order valence-corrected chi connectivity index (χ1v) is 10.1. The molecule has 1 N–H and O–H groups in total. The van der Waals surface area contributed by atoms with Gasteiger partial charge in [0, 0.05) is 29.7 Å². The number of imidazole rings is 1. The monoisotopic (exact) mass is 345 g/mol. The number of aromatic amines is 1. The van der Waals surface area contributed by atoms with Crippen LogP contribution in [-0.4, -0.2) is 50.6 Å². The average Bonchev–Trinajstić information content (AvgIpc) is 3.21. The minimum Gasteiger partial charge on any atom is -0.346 e. The lowest BCUT2D eigenvalue weighted by Gasteiger charge is -2.37. The summed E-state index contributed by atoms with van der Waals surface area (Å²) in [6, 6.07) is 2.55. The van der Waals surface area contributed by atoms with Crippen LogP contribution in [0, 0.1) is 0 Å². The summed E-state index contributed by atoms with van der Waals surface area (Å²) >= 11 is 0. The zero-order valence-electron chi connectivity index (χ0n) is 13.4. The molecule has 0 radical (unpaired) electrons. The molecule has 2 saturated heterocycles. The highest BCUT2D eigenvalue weighted by Gasteiger charge is 2.45. The van der Waals surface area contributed by atoms with Gasteiger partial charge < -0.3 is 9.55 Å². The van der Waals surface area contributed by atoms with Crippen LogP contribution in [0.5, 0.6) is 0 Å². The van der Waals surface area contributed by atoms with Crippen LogP contribution < -0.4 is 0 Å². The number of hydrogen-bond acceptors (Lipinski definition) is 4. The van der Waals surface area contributed by atoms with E-state index in [1.54, 1.807) is 10.5 Å². The van der Waals surface area contributed by atoms with Crippen molar-refractivity contribution in [3.63, 3.8) is 0 Å². The van der Waals surface area contributed by atoms with E-state index in [0.717, 1.165) is 47.8 Å². The van der Waals surface area contributed by atoms with Crippen molar-refractivity contribution in [1.82, 2.24) is 23.8 Å². The van der Waals surface area contributed by atoms with Crippen molar-refractivity contribution in [3.05, 3.63) is 24.8 Å². The summed E-state index contributed by atoms with van der Waals surface area (Å²) in [6.07, 6.45) is 10.5. The van der Waals surface area contributed by atoms with Gasteiger partial charge in [-0.1, -0.05) is 0 Å². The molecule has 0 spiro atoms. The average molecular weight is 345 g/mol. The molecule has 1 unspecified atom stereocenters. The number of H-pyrrole nitrogens is 1. The van der Waals surface area contributed by atoms with Gasteiger partial charge in [-0.05, 0) is 31.7 Å². The van der Waals surface area contributed by atoms with Gasteiger partial charge in [0.15, 0.2) is 0 Å². The fraction of sp³-hybridized carbons (Fsp3) is 0.500. The molecule has 8 heteroatoms. The van der Waals surface area contributed by atoms with E-state index in [2.05, 4.69) is 19.5 Å². The smallest absolute Gasteiger partial charge is 0.211 e. The minimum absolute atomic E-state index is 0.116. The minimum atomic E-state index is -3.13. The molecule has 0 amide bonds. The number of aromatic nitrogens is 4. The third kappa shape index (κ3) is 1.96. The highest BCUT2D eigenvalue weighted by atomic mass is 32.2. The van der Waals surface area contributed by atoms with Gasteiger partial charge in [-0.2, -0.15) is 4.31 Å². The Morgan fingerprint density at radius 1 is 1.17 bits per heavy atom. The third-order valence-corrected chi connectivity index (χ3v) is 6.90. The molecule has 5 rings (SSSR count). The molecule has 126 valence electrons. The Morgan fingerprint density at radius 2 is 1.92 bits per heavy atom. The standard InChI is InChI=1S/C16H19N5O2S/c1-24(22,23)21-10-2-3-11(21)7-12(6-10)20-9-19-14-8-18-16-13(15(14)20)4-5-17-16/h4-5,8-12H,2-3,6-7H2,1H3,(H,17,18)/t10-,11+,12?. The number of piperidine rings is 1. The zero-order valence-corrected chi connectivity index (χ0v) is 14.2. The number of fused-ring (bicyclic) bond motifs is 5. The molecule has 2 aliphatic heterocycles. The fourth-order valence-electron chi connectivity index (χ4n) is 4.68. The van der Waals surface area contributed by atoms with Crippen LogP contribution in [0.2, 0.25) is 0 Å². The molecule has 0 saturated carbocycles. The van der Waals surface area contributed by atoms with Gasteiger partial charge in [0.25, 0.3) is 0 Å². The topological polar surface area (TPSA) is 83.9 Å². The normalized spacial score (nSPS) is 28.1. The highest BCUT2D eigenvalue weighted by Crippen LogP contribution is 2.43. The molecule has 0 aliphatic carbocycles. The van der Waals surface area contributed by atoms with E-state index in [1.165, 1.54) is 6.26 Å². The van der Waals surface area contributed by atoms with Gasteiger partial charge >= 0.3 is 0 Å². The maximum absolute atomic E-state index is 12.1. The first kappa shape index (κ1) is 14.4. The number of rotatable bonds is 2. The predicted molar refractivity (Wildman–Crippen MR) is 91.1 cm³/mol. The van der Waals surface area contributed by atoms with Crippen LogP contribution in [0.15, 0.2) is 24.8 Å². The second-order valence-electron chi connectivity index (χ2n) is 6.99. The summed E-state index contributed by atoms with van der Waals surface area (Å²) in [5.41, 5.74) is 2.85. The molecular weight excluding hydrogens is 326 g/mol. The Morgan fingerprint density at radius 3 is 2.62 bits per heavy atom. The first-order chi connectivity index (χ1) is 11.5. The summed E-state index contributed by atoms with van der Waals surface area (Å²) in [5.74, 6) is 0. The summed E-state index contributed by atoms with van der Waals surface area (Å²) in [4.78, 5) is 12.1. The van der Waals surface area contributed by atoms with Crippen molar-refractivity contribution < 1.29 is 8.42 Å².